The van der Waals surface area contributed by atoms with E-state index in [1.54, 1.807) is 0 Å². The molecule has 0 aromatic heterocycles. The maximum atomic E-state index is 12.9. The van der Waals surface area contributed by atoms with E-state index in [-0.39, 0.29) is 17.3 Å². The Bertz CT molecular complexity index is 960. The minimum Gasteiger partial charge on any atom is -0.307 e. The van der Waals surface area contributed by atoms with Crippen LogP contribution in [0, 0.1) is 0 Å². The van der Waals surface area contributed by atoms with Crippen LogP contribution in [0.4, 0.5) is 10.5 Å². The number of rotatable bonds is 4. The Hall–Kier alpha value is -1.64. The molecule has 5 rings (SSSR count). The van der Waals surface area contributed by atoms with Gasteiger partial charge in [0, 0.05) is 36.9 Å². The molecule has 2 saturated heterocycles. The first kappa shape index (κ1) is 20.3. The molecule has 30 heavy (non-hydrogen) atoms. The molecule has 7 nitrogen and oxygen atoms in total. The molecule has 4 aliphatic rings. The lowest BCUT2D eigenvalue weighted by Crippen LogP contribution is -2.74. The smallest absolute Gasteiger partial charge is 0.307 e. The summed E-state index contributed by atoms with van der Waals surface area (Å²) in [5, 5.41) is 2.94. The van der Waals surface area contributed by atoms with Crippen molar-refractivity contribution in [1.29, 1.82) is 0 Å². The van der Waals surface area contributed by atoms with Crippen LogP contribution in [0.15, 0.2) is 6.07 Å². The van der Waals surface area contributed by atoms with Crippen molar-refractivity contribution in [2.75, 3.05) is 37.8 Å². The van der Waals surface area contributed by atoms with E-state index in [0.717, 1.165) is 70.3 Å². The van der Waals surface area contributed by atoms with Crippen LogP contribution in [0.2, 0.25) is 0 Å². The molecule has 2 aliphatic heterocycles. The Morgan fingerprint density at radius 3 is 2.37 bits per heavy atom. The lowest BCUT2D eigenvalue weighted by Gasteiger charge is -2.60. The van der Waals surface area contributed by atoms with Crippen molar-refractivity contribution in [3.63, 3.8) is 0 Å². The van der Waals surface area contributed by atoms with Gasteiger partial charge >= 0.3 is 6.03 Å². The highest BCUT2D eigenvalue weighted by atomic mass is 32.2. The van der Waals surface area contributed by atoms with Gasteiger partial charge in [-0.2, -0.15) is 0 Å². The maximum Gasteiger partial charge on any atom is 0.332 e. The number of nitrogens with one attached hydrogen (secondary N) is 2. The summed E-state index contributed by atoms with van der Waals surface area (Å²) in [5.41, 5.74) is 5.78. The number of carbonyl (C=O) groups is 1. The molecule has 0 bridgehead atoms. The SMILES string of the molecule is CN1CCN2CCC2(C)C1CS(=O)(=O)NC(=O)Nc1c2c(cc3c1CCC3)CCC2. The van der Waals surface area contributed by atoms with Crippen LogP contribution in [0.25, 0.3) is 0 Å². The highest BCUT2D eigenvalue weighted by Crippen LogP contribution is 2.40. The maximum absolute atomic E-state index is 12.9. The fourth-order valence-corrected chi connectivity index (χ4v) is 7.53. The van der Waals surface area contributed by atoms with Gasteiger partial charge in [0.1, 0.15) is 0 Å². The molecule has 1 aromatic carbocycles. The number of hydrogen-bond donors (Lipinski definition) is 2. The first-order valence-corrected chi connectivity index (χ1v) is 12.9. The van der Waals surface area contributed by atoms with Gasteiger partial charge in [-0.15, -0.1) is 0 Å². The zero-order valence-corrected chi connectivity index (χ0v) is 18.8. The highest BCUT2D eigenvalue weighted by molar-refractivity contribution is 7.90. The third-order valence-electron chi connectivity index (χ3n) is 7.92. The molecule has 2 heterocycles. The molecule has 2 amide bonds. The number of piperazine rings is 1. The minimum absolute atomic E-state index is 0.0606. The largest absolute Gasteiger partial charge is 0.332 e. The normalized spacial score (nSPS) is 28.4. The first-order valence-electron chi connectivity index (χ1n) is 11.2. The van der Waals surface area contributed by atoms with Crippen molar-refractivity contribution in [2.24, 2.45) is 0 Å². The number of anilines is 1. The van der Waals surface area contributed by atoms with Gasteiger partial charge in [-0.3, -0.25) is 9.80 Å². The van der Waals surface area contributed by atoms with Crippen molar-refractivity contribution >= 4 is 21.7 Å². The number of sulfonamides is 1. The summed E-state index contributed by atoms with van der Waals surface area (Å²) < 4.78 is 28.1. The summed E-state index contributed by atoms with van der Waals surface area (Å²) in [6, 6.07) is 1.56. The van der Waals surface area contributed by atoms with Crippen LogP contribution in [0.5, 0.6) is 0 Å². The number of nitrogens with zero attached hydrogens (tertiary/aromatic N) is 2. The quantitative estimate of drug-likeness (QED) is 0.759. The van der Waals surface area contributed by atoms with Crippen LogP contribution in [-0.2, 0) is 35.7 Å². The van der Waals surface area contributed by atoms with E-state index in [4.69, 9.17) is 0 Å². The number of benzene rings is 1. The number of hydrogen-bond acceptors (Lipinski definition) is 5. The van der Waals surface area contributed by atoms with Gasteiger partial charge in [-0.05, 0) is 81.2 Å². The Morgan fingerprint density at radius 2 is 1.77 bits per heavy atom. The van der Waals surface area contributed by atoms with Crippen molar-refractivity contribution in [3.05, 3.63) is 28.3 Å². The fourth-order valence-electron chi connectivity index (χ4n) is 6.08. The summed E-state index contributed by atoms with van der Waals surface area (Å²) >= 11 is 0. The Balaban J connectivity index is 1.32. The van der Waals surface area contributed by atoms with Gasteiger partial charge < -0.3 is 5.32 Å². The second-order valence-corrected chi connectivity index (χ2v) is 11.4. The Kier molecular flexibility index (Phi) is 4.87. The molecular weight excluding hydrogens is 400 g/mol. The summed E-state index contributed by atoms with van der Waals surface area (Å²) in [6.07, 6.45) is 7.16. The van der Waals surface area contributed by atoms with Gasteiger partial charge in [0.25, 0.3) is 0 Å². The van der Waals surface area contributed by atoms with Crippen molar-refractivity contribution in [1.82, 2.24) is 14.5 Å². The monoisotopic (exact) mass is 432 g/mol. The molecule has 2 unspecified atom stereocenters. The molecule has 2 fully saturated rings. The van der Waals surface area contributed by atoms with E-state index in [1.165, 1.54) is 22.3 Å². The predicted molar refractivity (Wildman–Crippen MR) is 117 cm³/mol. The van der Waals surface area contributed by atoms with E-state index >= 15 is 0 Å². The van der Waals surface area contributed by atoms with Crippen molar-refractivity contribution in [2.45, 2.75) is 63.5 Å². The number of urea groups is 1. The zero-order chi connectivity index (χ0) is 21.1. The van der Waals surface area contributed by atoms with Crippen molar-refractivity contribution in [3.8, 4) is 0 Å². The van der Waals surface area contributed by atoms with Crippen molar-refractivity contribution < 1.29 is 13.2 Å². The third kappa shape index (κ3) is 3.33. The van der Waals surface area contributed by atoms with Gasteiger partial charge in [0.2, 0.25) is 10.0 Å². The number of amides is 2. The lowest BCUT2D eigenvalue weighted by atomic mass is 9.78. The van der Waals surface area contributed by atoms with Gasteiger partial charge in [0.05, 0.1) is 5.75 Å². The van der Waals surface area contributed by atoms with Crippen LogP contribution >= 0.6 is 0 Å². The molecule has 1 aromatic rings. The van der Waals surface area contributed by atoms with E-state index in [0.29, 0.717) is 0 Å². The minimum atomic E-state index is -3.75. The van der Waals surface area contributed by atoms with E-state index in [2.05, 4.69) is 32.8 Å². The standard InChI is InChI=1S/C22H32N4O3S/c1-22-9-10-26(22)12-11-25(2)19(22)14-30(28,29)24-21(27)23-20-17-7-3-5-15(17)13-16-6-4-8-18(16)20/h13,19H,3-12,14H2,1-2H3,(H2,23,24,27). The van der Waals surface area contributed by atoms with Gasteiger partial charge in [0.15, 0.2) is 0 Å². The molecule has 8 heteroatoms. The molecule has 0 spiro atoms. The van der Waals surface area contributed by atoms with Gasteiger partial charge in [-0.25, -0.2) is 17.9 Å². The van der Waals surface area contributed by atoms with E-state index in [1.807, 2.05) is 7.05 Å². The summed E-state index contributed by atoms with van der Waals surface area (Å²) in [5.74, 6) is -0.0606. The molecule has 0 radical (unpaired) electrons. The summed E-state index contributed by atoms with van der Waals surface area (Å²) in [4.78, 5) is 17.3. The second-order valence-electron chi connectivity index (χ2n) is 9.66. The fraction of sp³-hybridized carbons (Fsp3) is 0.682. The topological polar surface area (TPSA) is 81.8 Å². The van der Waals surface area contributed by atoms with E-state index < -0.39 is 16.1 Å². The second kappa shape index (κ2) is 7.21. The zero-order valence-electron chi connectivity index (χ0n) is 18.0. The molecule has 0 saturated carbocycles. The van der Waals surface area contributed by atoms with Crippen LogP contribution < -0.4 is 10.0 Å². The Morgan fingerprint density at radius 1 is 1.10 bits per heavy atom. The van der Waals surface area contributed by atoms with Crippen LogP contribution in [0.1, 0.15) is 48.4 Å². The Labute approximate surface area is 179 Å². The van der Waals surface area contributed by atoms with Crippen LogP contribution in [-0.4, -0.2) is 68.3 Å². The molecule has 2 atom stereocenters. The van der Waals surface area contributed by atoms with Crippen LogP contribution in [0.3, 0.4) is 0 Å². The number of likely N-dealkylation sites (N-methyl/N-ethyl adjacent to an activating group) is 1. The molecule has 2 aliphatic carbocycles. The number of fused-ring (bicyclic) bond motifs is 3. The number of aryl methyl sites for hydroxylation is 2. The molecule has 164 valence electrons. The first-order chi connectivity index (χ1) is 14.3. The van der Waals surface area contributed by atoms with Gasteiger partial charge in [-0.1, -0.05) is 6.07 Å². The predicted octanol–water partition coefficient (Wildman–Crippen LogP) is 1.89. The molecular formula is C22H32N4O3S. The summed E-state index contributed by atoms with van der Waals surface area (Å²) in [7, 11) is -1.77. The average Bonchev–Trinajstić information content (AvgIpc) is 3.32. The number of carbonyl (C=O) groups excluding carboxylic acids is 1. The van der Waals surface area contributed by atoms with E-state index in [9.17, 15) is 13.2 Å². The average molecular weight is 433 g/mol. The lowest BCUT2D eigenvalue weighted by molar-refractivity contribution is -0.0935. The summed E-state index contributed by atoms with van der Waals surface area (Å²) in [6.45, 7) is 4.99. The highest BCUT2D eigenvalue weighted by Gasteiger charge is 2.51. The third-order valence-corrected chi connectivity index (χ3v) is 9.17. The molecule has 2 N–H and O–H groups in total.